The summed E-state index contributed by atoms with van der Waals surface area (Å²) >= 11 is 7.75. The highest BCUT2D eigenvalue weighted by molar-refractivity contribution is 7.98. The number of anilines is 1. The number of carbonyl (C=O) groups excluding carboxylic acids is 1. The van der Waals surface area contributed by atoms with Gasteiger partial charge in [-0.2, -0.15) is 0 Å². The van der Waals surface area contributed by atoms with E-state index in [-0.39, 0.29) is 5.91 Å². The molecule has 0 fully saturated rings. The SMILES string of the molecule is CCn1c(NC(=O)Cc2ccccc2)nnc1SCc1ccccc1Cl. The lowest BCUT2D eigenvalue weighted by molar-refractivity contribution is -0.115. The summed E-state index contributed by atoms with van der Waals surface area (Å²) in [5.41, 5.74) is 2.00. The number of thioether (sulfide) groups is 1. The molecule has 0 aliphatic carbocycles. The monoisotopic (exact) mass is 386 g/mol. The molecular weight excluding hydrogens is 368 g/mol. The minimum absolute atomic E-state index is 0.110. The summed E-state index contributed by atoms with van der Waals surface area (Å²) in [5.74, 6) is 1.05. The predicted molar refractivity (Wildman–Crippen MR) is 105 cm³/mol. The third kappa shape index (κ3) is 4.65. The van der Waals surface area contributed by atoms with Gasteiger partial charge < -0.3 is 0 Å². The van der Waals surface area contributed by atoms with Crippen molar-refractivity contribution in [1.29, 1.82) is 0 Å². The van der Waals surface area contributed by atoms with Crippen LogP contribution in [0.1, 0.15) is 18.1 Å². The molecule has 1 amide bonds. The number of hydrogen-bond acceptors (Lipinski definition) is 4. The molecule has 0 atom stereocenters. The summed E-state index contributed by atoms with van der Waals surface area (Å²) in [5, 5.41) is 12.7. The lowest BCUT2D eigenvalue weighted by atomic mass is 10.1. The van der Waals surface area contributed by atoms with Crippen LogP contribution in [0.15, 0.2) is 59.8 Å². The number of benzene rings is 2. The van der Waals surface area contributed by atoms with Crippen LogP contribution in [0.25, 0.3) is 0 Å². The fourth-order valence-electron chi connectivity index (χ4n) is 2.48. The molecule has 0 unspecified atom stereocenters. The molecule has 3 rings (SSSR count). The lowest BCUT2D eigenvalue weighted by Gasteiger charge is -2.09. The first-order valence-electron chi connectivity index (χ1n) is 8.30. The van der Waals surface area contributed by atoms with Crippen LogP contribution in [0, 0.1) is 0 Å². The topological polar surface area (TPSA) is 59.8 Å². The fraction of sp³-hybridized carbons (Fsp3) is 0.211. The van der Waals surface area contributed by atoms with Crippen LogP contribution in [0.3, 0.4) is 0 Å². The van der Waals surface area contributed by atoms with Crippen LogP contribution in [0.2, 0.25) is 5.02 Å². The van der Waals surface area contributed by atoms with Gasteiger partial charge in [-0.3, -0.25) is 14.7 Å². The fourth-order valence-corrected chi connectivity index (χ4v) is 3.77. The van der Waals surface area contributed by atoms with Crippen molar-refractivity contribution in [3.63, 3.8) is 0 Å². The van der Waals surface area contributed by atoms with Crippen LogP contribution >= 0.6 is 23.4 Å². The molecule has 1 aromatic heterocycles. The second kappa shape index (κ2) is 8.87. The smallest absolute Gasteiger partial charge is 0.231 e. The first kappa shape index (κ1) is 18.5. The maximum absolute atomic E-state index is 12.3. The Morgan fingerprint density at radius 3 is 2.58 bits per heavy atom. The van der Waals surface area contributed by atoms with Gasteiger partial charge in [0.05, 0.1) is 6.42 Å². The number of halogens is 1. The van der Waals surface area contributed by atoms with Crippen LogP contribution in [-0.2, 0) is 23.5 Å². The zero-order valence-electron chi connectivity index (χ0n) is 14.4. The Morgan fingerprint density at radius 1 is 1.12 bits per heavy atom. The minimum Gasteiger partial charge on any atom is -0.294 e. The van der Waals surface area contributed by atoms with E-state index < -0.39 is 0 Å². The van der Waals surface area contributed by atoms with Gasteiger partial charge in [-0.05, 0) is 24.1 Å². The van der Waals surface area contributed by atoms with Gasteiger partial charge in [0.25, 0.3) is 0 Å². The van der Waals surface area contributed by atoms with Crippen molar-refractivity contribution < 1.29 is 4.79 Å². The Balaban J connectivity index is 1.66. The van der Waals surface area contributed by atoms with Crippen molar-refractivity contribution >= 4 is 35.2 Å². The molecule has 0 saturated carbocycles. The summed E-state index contributed by atoms with van der Waals surface area (Å²) in [6, 6.07) is 17.3. The molecule has 7 heteroatoms. The number of hydrogen-bond donors (Lipinski definition) is 1. The Hall–Kier alpha value is -2.31. The zero-order valence-corrected chi connectivity index (χ0v) is 15.9. The zero-order chi connectivity index (χ0) is 18.4. The summed E-state index contributed by atoms with van der Waals surface area (Å²) < 4.78 is 1.89. The second-order valence-corrected chi connectivity index (χ2v) is 6.99. The summed E-state index contributed by atoms with van der Waals surface area (Å²) in [6.45, 7) is 2.66. The van der Waals surface area contributed by atoms with Gasteiger partial charge in [0.1, 0.15) is 0 Å². The van der Waals surface area contributed by atoms with Gasteiger partial charge in [0.2, 0.25) is 11.9 Å². The molecule has 134 valence electrons. The third-order valence-electron chi connectivity index (χ3n) is 3.81. The van der Waals surface area contributed by atoms with E-state index in [9.17, 15) is 4.79 Å². The van der Waals surface area contributed by atoms with Crippen molar-refractivity contribution in [1.82, 2.24) is 14.8 Å². The quantitative estimate of drug-likeness (QED) is 0.610. The van der Waals surface area contributed by atoms with Crippen molar-refractivity contribution in [2.45, 2.75) is 30.8 Å². The van der Waals surface area contributed by atoms with Crippen LogP contribution in [0.5, 0.6) is 0 Å². The van der Waals surface area contributed by atoms with E-state index in [1.54, 1.807) is 11.8 Å². The molecule has 0 saturated heterocycles. The van der Waals surface area contributed by atoms with Crippen molar-refractivity contribution in [2.75, 3.05) is 5.32 Å². The number of rotatable bonds is 7. The molecular formula is C19H19ClN4OS. The standard InChI is InChI=1S/C19H19ClN4OS/c1-2-24-18(21-17(25)12-14-8-4-3-5-9-14)22-23-19(24)26-13-15-10-6-7-11-16(15)20/h3-11H,2,12-13H2,1H3,(H,21,22,25). The number of nitrogens with zero attached hydrogens (tertiary/aromatic N) is 3. The highest BCUT2D eigenvalue weighted by atomic mass is 35.5. The number of amides is 1. The number of carbonyl (C=O) groups is 1. The molecule has 3 aromatic rings. The van der Waals surface area contributed by atoms with Gasteiger partial charge >= 0.3 is 0 Å². The van der Waals surface area contributed by atoms with Crippen LogP contribution < -0.4 is 5.32 Å². The Labute approximate surface area is 161 Å². The Bertz CT molecular complexity index is 882. The third-order valence-corrected chi connectivity index (χ3v) is 5.19. The molecule has 1 N–H and O–H groups in total. The minimum atomic E-state index is -0.110. The van der Waals surface area contributed by atoms with Crippen molar-refractivity contribution in [2.24, 2.45) is 0 Å². The second-order valence-electron chi connectivity index (χ2n) is 5.64. The van der Waals surface area contributed by atoms with Crippen LogP contribution in [0.4, 0.5) is 5.95 Å². The molecule has 0 radical (unpaired) electrons. The summed E-state index contributed by atoms with van der Waals surface area (Å²) in [4.78, 5) is 12.3. The van der Waals surface area contributed by atoms with Gasteiger partial charge in [-0.15, -0.1) is 10.2 Å². The first-order valence-corrected chi connectivity index (χ1v) is 9.67. The van der Waals surface area contributed by atoms with Gasteiger partial charge in [0, 0.05) is 17.3 Å². The van der Waals surface area contributed by atoms with Crippen molar-refractivity contribution in [3.8, 4) is 0 Å². The molecule has 26 heavy (non-hydrogen) atoms. The molecule has 0 spiro atoms. The first-order chi connectivity index (χ1) is 12.7. The van der Waals surface area contributed by atoms with E-state index >= 15 is 0 Å². The molecule has 0 bridgehead atoms. The molecule has 2 aromatic carbocycles. The maximum atomic E-state index is 12.3. The van der Waals surface area contributed by atoms with Crippen LogP contribution in [-0.4, -0.2) is 20.7 Å². The summed E-state index contributed by atoms with van der Waals surface area (Å²) in [6.07, 6.45) is 0.305. The van der Waals surface area contributed by atoms with E-state index in [4.69, 9.17) is 11.6 Å². The Kier molecular flexibility index (Phi) is 6.30. The van der Waals surface area contributed by atoms with Gasteiger partial charge in [-0.1, -0.05) is 71.9 Å². The molecule has 0 aliphatic rings. The van der Waals surface area contributed by atoms with Gasteiger partial charge in [-0.25, -0.2) is 0 Å². The number of aromatic nitrogens is 3. The molecule has 0 aliphatic heterocycles. The van der Waals surface area contributed by atoms with Gasteiger partial charge in [0.15, 0.2) is 5.16 Å². The average Bonchev–Trinajstić information content (AvgIpc) is 3.03. The largest absolute Gasteiger partial charge is 0.294 e. The number of nitrogens with one attached hydrogen (secondary N) is 1. The van der Waals surface area contributed by atoms with E-state index in [1.165, 1.54) is 0 Å². The van der Waals surface area contributed by atoms with E-state index in [1.807, 2.05) is 66.1 Å². The lowest BCUT2D eigenvalue weighted by Crippen LogP contribution is -2.18. The Morgan fingerprint density at radius 2 is 1.85 bits per heavy atom. The van der Waals surface area contributed by atoms with E-state index in [0.29, 0.717) is 24.7 Å². The normalized spacial score (nSPS) is 10.7. The predicted octanol–water partition coefficient (Wildman–Crippen LogP) is 4.42. The van der Waals surface area contributed by atoms with E-state index in [2.05, 4.69) is 15.5 Å². The summed E-state index contributed by atoms with van der Waals surface area (Å²) in [7, 11) is 0. The average molecular weight is 387 g/mol. The molecule has 5 nitrogen and oxygen atoms in total. The molecule has 1 heterocycles. The van der Waals surface area contributed by atoms with E-state index in [0.717, 1.165) is 21.3 Å². The maximum Gasteiger partial charge on any atom is 0.231 e. The highest BCUT2D eigenvalue weighted by Gasteiger charge is 2.14. The highest BCUT2D eigenvalue weighted by Crippen LogP contribution is 2.27. The van der Waals surface area contributed by atoms with Crippen molar-refractivity contribution in [3.05, 3.63) is 70.7 Å².